The van der Waals surface area contributed by atoms with Crippen LogP contribution in [0.4, 0.5) is 5.69 Å². The van der Waals surface area contributed by atoms with Crippen molar-refractivity contribution in [2.24, 2.45) is 0 Å². The third-order valence-electron chi connectivity index (χ3n) is 4.58. The summed E-state index contributed by atoms with van der Waals surface area (Å²) in [5.41, 5.74) is 0.547. The van der Waals surface area contributed by atoms with Crippen LogP contribution in [0.3, 0.4) is 0 Å². The molecule has 7 nitrogen and oxygen atoms in total. The highest BCUT2D eigenvalue weighted by molar-refractivity contribution is 6.04. The number of carbonyl (C=O) groups excluding carboxylic acids is 3. The van der Waals surface area contributed by atoms with Crippen molar-refractivity contribution in [1.29, 1.82) is 0 Å². The highest BCUT2D eigenvalue weighted by atomic mass is 16.6. The highest BCUT2D eigenvalue weighted by Gasteiger charge is 2.26. The van der Waals surface area contributed by atoms with Gasteiger partial charge in [-0.3, -0.25) is 9.59 Å². The summed E-state index contributed by atoms with van der Waals surface area (Å²) in [6, 6.07) is 16.2. The minimum absolute atomic E-state index is 0.0641. The van der Waals surface area contributed by atoms with Gasteiger partial charge < -0.3 is 19.5 Å². The zero-order chi connectivity index (χ0) is 21.7. The van der Waals surface area contributed by atoms with E-state index in [1.165, 1.54) is 33.3 Å². The number of methoxy groups -OCH3 is 2. The summed E-state index contributed by atoms with van der Waals surface area (Å²) in [5, 5.41) is 4.74. The molecular weight excluding hydrogens is 386 g/mol. The smallest absolute Gasteiger partial charge is 0.343 e. The van der Waals surface area contributed by atoms with E-state index in [4.69, 9.17) is 14.2 Å². The van der Waals surface area contributed by atoms with Crippen molar-refractivity contribution in [1.82, 2.24) is 0 Å². The number of amides is 1. The number of hydrogen-bond donors (Lipinski definition) is 1. The Labute approximate surface area is 173 Å². The summed E-state index contributed by atoms with van der Waals surface area (Å²) < 4.78 is 15.7. The summed E-state index contributed by atoms with van der Waals surface area (Å²) in [7, 11) is 2.76. The molecule has 7 heteroatoms. The molecule has 0 aliphatic rings. The molecule has 1 atom stereocenters. The Bertz CT molecular complexity index is 1110. The van der Waals surface area contributed by atoms with E-state index < -0.39 is 18.0 Å². The quantitative estimate of drug-likeness (QED) is 0.473. The first-order valence-electron chi connectivity index (χ1n) is 9.19. The molecular formula is C23H21NO6. The zero-order valence-corrected chi connectivity index (χ0v) is 16.8. The number of rotatable bonds is 7. The third kappa shape index (κ3) is 4.25. The first-order chi connectivity index (χ1) is 14.5. The summed E-state index contributed by atoms with van der Waals surface area (Å²) in [4.78, 5) is 36.6. The van der Waals surface area contributed by atoms with Gasteiger partial charge in [-0.25, -0.2) is 4.79 Å². The zero-order valence-electron chi connectivity index (χ0n) is 16.8. The van der Waals surface area contributed by atoms with Crippen LogP contribution in [0.5, 0.6) is 11.5 Å². The normalized spacial score (nSPS) is 11.4. The maximum Gasteiger partial charge on any atom is 0.343 e. The maximum atomic E-state index is 12.7. The van der Waals surface area contributed by atoms with Crippen LogP contribution in [-0.2, 0) is 9.53 Å². The molecule has 3 aromatic rings. The van der Waals surface area contributed by atoms with E-state index in [1.807, 2.05) is 36.4 Å². The second kappa shape index (κ2) is 9.09. The Balaban J connectivity index is 1.78. The van der Waals surface area contributed by atoms with Crippen molar-refractivity contribution in [3.8, 4) is 11.5 Å². The van der Waals surface area contributed by atoms with Crippen molar-refractivity contribution in [2.45, 2.75) is 13.0 Å². The lowest BCUT2D eigenvalue weighted by molar-refractivity contribution is -0.123. The third-order valence-corrected chi connectivity index (χ3v) is 4.58. The number of benzene rings is 3. The van der Waals surface area contributed by atoms with Crippen LogP contribution in [0.15, 0.2) is 54.6 Å². The number of fused-ring (bicyclic) bond motifs is 1. The molecule has 0 fully saturated rings. The molecule has 0 aliphatic heterocycles. The molecule has 1 amide bonds. The topological polar surface area (TPSA) is 90.9 Å². The van der Waals surface area contributed by atoms with Crippen LogP contribution >= 0.6 is 0 Å². The fraction of sp³-hybridized carbons (Fsp3) is 0.174. The fourth-order valence-corrected chi connectivity index (χ4v) is 3.03. The van der Waals surface area contributed by atoms with Gasteiger partial charge in [0.25, 0.3) is 5.91 Å². The second-order valence-electron chi connectivity index (χ2n) is 6.48. The van der Waals surface area contributed by atoms with Crippen molar-refractivity contribution < 1.29 is 28.6 Å². The predicted molar refractivity (Wildman–Crippen MR) is 112 cm³/mol. The monoisotopic (exact) mass is 407 g/mol. The van der Waals surface area contributed by atoms with E-state index >= 15 is 0 Å². The van der Waals surface area contributed by atoms with Gasteiger partial charge in [-0.1, -0.05) is 30.3 Å². The van der Waals surface area contributed by atoms with Crippen LogP contribution in [-0.4, -0.2) is 38.5 Å². The molecule has 0 radical (unpaired) electrons. The Morgan fingerprint density at radius 3 is 2.37 bits per heavy atom. The van der Waals surface area contributed by atoms with Gasteiger partial charge in [-0.2, -0.15) is 0 Å². The Morgan fingerprint density at radius 1 is 0.967 bits per heavy atom. The lowest BCUT2D eigenvalue weighted by atomic mass is 10.1. The fourth-order valence-electron chi connectivity index (χ4n) is 3.03. The van der Waals surface area contributed by atoms with Gasteiger partial charge in [0.15, 0.2) is 23.9 Å². The van der Waals surface area contributed by atoms with Gasteiger partial charge in [0.1, 0.15) is 5.56 Å². The van der Waals surface area contributed by atoms with Crippen LogP contribution in [0.25, 0.3) is 10.8 Å². The molecule has 0 unspecified atom stereocenters. The van der Waals surface area contributed by atoms with E-state index in [0.717, 1.165) is 10.8 Å². The van der Waals surface area contributed by atoms with Crippen LogP contribution in [0.1, 0.15) is 27.6 Å². The molecule has 0 saturated carbocycles. The molecule has 0 aliphatic carbocycles. The molecule has 154 valence electrons. The number of aldehydes is 1. The number of esters is 1. The molecule has 0 saturated heterocycles. The maximum absolute atomic E-state index is 12.7. The van der Waals surface area contributed by atoms with E-state index in [2.05, 4.69) is 5.32 Å². The Kier molecular flexibility index (Phi) is 6.32. The van der Waals surface area contributed by atoms with Crippen molar-refractivity contribution in [3.63, 3.8) is 0 Å². The van der Waals surface area contributed by atoms with Crippen molar-refractivity contribution in [3.05, 3.63) is 65.7 Å². The lowest BCUT2D eigenvalue weighted by Crippen LogP contribution is -2.30. The van der Waals surface area contributed by atoms with Crippen molar-refractivity contribution >= 4 is 34.6 Å². The number of carbonyl (C=O) groups is 3. The van der Waals surface area contributed by atoms with Gasteiger partial charge in [0.2, 0.25) is 0 Å². The average Bonchev–Trinajstić information content (AvgIpc) is 2.77. The van der Waals surface area contributed by atoms with Gasteiger partial charge in [0.05, 0.1) is 14.2 Å². The lowest BCUT2D eigenvalue weighted by Gasteiger charge is -2.17. The summed E-state index contributed by atoms with van der Waals surface area (Å²) in [6.45, 7) is 1.45. The van der Waals surface area contributed by atoms with Gasteiger partial charge >= 0.3 is 5.97 Å². The number of ether oxygens (including phenoxy) is 3. The van der Waals surface area contributed by atoms with Crippen LogP contribution in [0.2, 0.25) is 0 Å². The Hall–Kier alpha value is -3.87. The number of nitrogens with one attached hydrogen (secondary N) is 1. The molecule has 1 N–H and O–H groups in total. The number of hydrogen-bond acceptors (Lipinski definition) is 6. The molecule has 30 heavy (non-hydrogen) atoms. The molecule has 3 rings (SSSR count). The van der Waals surface area contributed by atoms with Gasteiger partial charge in [-0.05, 0) is 42.0 Å². The minimum atomic E-state index is -1.11. The van der Waals surface area contributed by atoms with Gasteiger partial charge in [-0.15, -0.1) is 0 Å². The first-order valence-corrected chi connectivity index (χ1v) is 9.19. The largest absolute Gasteiger partial charge is 0.493 e. The highest BCUT2D eigenvalue weighted by Crippen LogP contribution is 2.33. The van der Waals surface area contributed by atoms with Crippen molar-refractivity contribution in [2.75, 3.05) is 19.5 Å². The van der Waals surface area contributed by atoms with E-state index in [9.17, 15) is 14.4 Å². The SMILES string of the molecule is COc1ccc(C=O)c(C(=O)O[C@H](C)C(=O)Nc2ccc3ccccc3c2)c1OC. The standard InChI is InChI=1S/C23H21NO6/c1-14(22(26)24-18-10-8-15-6-4-5-7-16(15)12-18)30-23(27)20-17(13-25)9-11-19(28-2)21(20)29-3/h4-14H,1-3H3,(H,24,26)/t14-/m1/s1. The molecule has 3 aromatic carbocycles. The molecule has 0 bridgehead atoms. The van der Waals surface area contributed by atoms with Crippen LogP contribution < -0.4 is 14.8 Å². The first kappa shape index (κ1) is 20.9. The minimum Gasteiger partial charge on any atom is -0.493 e. The van der Waals surface area contributed by atoms with E-state index in [-0.39, 0.29) is 22.6 Å². The predicted octanol–water partition coefficient (Wildman–Crippen LogP) is 3.85. The Morgan fingerprint density at radius 2 is 1.70 bits per heavy atom. The number of anilines is 1. The van der Waals surface area contributed by atoms with Gasteiger partial charge in [0, 0.05) is 11.3 Å². The molecule has 0 heterocycles. The summed E-state index contributed by atoms with van der Waals surface area (Å²) in [6.07, 6.45) is -0.599. The summed E-state index contributed by atoms with van der Waals surface area (Å²) in [5.74, 6) is -1.04. The van der Waals surface area contributed by atoms with E-state index in [1.54, 1.807) is 6.07 Å². The molecule has 0 spiro atoms. The average molecular weight is 407 g/mol. The molecule has 0 aromatic heterocycles. The van der Waals surface area contributed by atoms with Crippen LogP contribution in [0, 0.1) is 0 Å². The van der Waals surface area contributed by atoms with E-state index in [0.29, 0.717) is 12.0 Å². The summed E-state index contributed by atoms with van der Waals surface area (Å²) >= 11 is 0. The second-order valence-corrected chi connectivity index (χ2v) is 6.48.